The van der Waals surface area contributed by atoms with E-state index in [0.29, 0.717) is 43.6 Å². The van der Waals surface area contributed by atoms with Crippen LogP contribution in [-0.2, 0) is 32.2 Å². The number of benzene rings is 3. The normalized spacial score (nSPS) is 14.4. The Morgan fingerprint density at radius 2 is 1.50 bits per heavy atom. The maximum absolute atomic E-state index is 14.3. The minimum absolute atomic E-state index is 0.0329. The van der Waals surface area contributed by atoms with Crippen LogP contribution >= 0.6 is 23.5 Å². The van der Waals surface area contributed by atoms with Crippen LogP contribution < -0.4 is 14.8 Å². The first-order valence-electron chi connectivity index (χ1n) is 17.5. The second-order valence-electron chi connectivity index (χ2n) is 12.7. The average molecular weight is 744 g/mol. The lowest BCUT2D eigenvalue weighted by molar-refractivity contribution is -0.149. The van der Waals surface area contributed by atoms with Crippen molar-refractivity contribution >= 4 is 47.4 Å². The number of thioether (sulfide) groups is 2. The molecule has 5 rings (SSSR count). The van der Waals surface area contributed by atoms with Crippen molar-refractivity contribution in [3.05, 3.63) is 105 Å². The van der Waals surface area contributed by atoms with Crippen LogP contribution in [0.2, 0.25) is 0 Å². The number of esters is 1. The van der Waals surface area contributed by atoms with Crippen molar-refractivity contribution in [3.63, 3.8) is 0 Å². The highest BCUT2D eigenvalue weighted by Gasteiger charge is 2.45. The van der Waals surface area contributed by atoms with E-state index in [2.05, 4.69) is 25.7 Å². The second kappa shape index (κ2) is 18.2. The van der Waals surface area contributed by atoms with Gasteiger partial charge in [0.2, 0.25) is 0 Å². The molecule has 0 bridgehead atoms. The summed E-state index contributed by atoms with van der Waals surface area (Å²) in [7, 11) is 0. The minimum atomic E-state index is -0.737. The molecule has 3 aromatic carbocycles. The Hall–Kier alpha value is -4.68. The van der Waals surface area contributed by atoms with Gasteiger partial charge in [0, 0.05) is 5.57 Å². The van der Waals surface area contributed by atoms with Gasteiger partial charge in [0.05, 0.1) is 40.3 Å². The van der Waals surface area contributed by atoms with E-state index in [-0.39, 0.29) is 37.4 Å². The number of hydrogen-bond acceptors (Lipinski definition) is 9. The van der Waals surface area contributed by atoms with Crippen molar-refractivity contribution in [2.45, 2.75) is 76.3 Å². The van der Waals surface area contributed by atoms with Crippen LogP contribution in [0.15, 0.2) is 98.5 Å². The van der Waals surface area contributed by atoms with Gasteiger partial charge in [-0.25, -0.2) is 19.6 Å². The van der Waals surface area contributed by atoms with Gasteiger partial charge in [0.1, 0.15) is 17.9 Å². The Labute approximate surface area is 313 Å². The quantitative estimate of drug-likeness (QED) is 0.0672. The lowest BCUT2D eigenvalue weighted by Gasteiger charge is -2.27. The van der Waals surface area contributed by atoms with Gasteiger partial charge in [-0.1, -0.05) is 124 Å². The van der Waals surface area contributed by atoms with Gasteiger partial charge < -0.3 is 19.5 Å². The van der Waals surface area contributed by atoms with Gasteiger partial charge in [0.15, 0.2) is 5.75 Å². The number of carbonyl (C=O) groups is 4. The van der Waals surface area contributed by atoms with E-state index in [1.807, 2.05) is 73.7 Å². The van der Waals surface area contributed by atoms with Gasteiger partial charge in [0.25, 0.3) is 11.8 Å². The number of hydrazine groups is 1. The molecule has 1 unspecified atom stereocenters. The molecule has 274 valence electrons. The van der Waals surface area contributed by atoms with Crippen molar-refractivity contribution < 1.29 is 33.4 Å². The van der Waals surface area contributed by atoms with Crippen LogP contribution in [0, 0.1) is 12.8 Å². The fraction of sp³-hybridized carbons (Fsp3) is 0.350. The zero-order valence-electron chi connectivity index (χ0n) is 30.1. The molecular formula is C40H45N3O7S2. The summed E-state index contributed by atoms with van der Waals surface area (Å²) in [6.45, 7) is 12.2. The van der Waals surface area contributed by atoms with E-state index in [0.717, 1.165) is 36.8 Å². The summed E-state index contributed by atoms with van der Waals surface area (Å²) in [5.74, 6) is -0.0808. The number of rotatable bonds is 16. The van der Waals surface area contributed by atoms with Crippen molar-refractivity contribution in [2.24, 2.45) is 5.92 Å². The topological polar surface area (TPSA) is 114 Å². The number of amides is 3. The van der Waals surface area contributed by atoms with Crippen molar-refractivity contribution in [3.8, 4) is 11.5 Å². The van der Waals surface area contributed by atoms with Gasteiger partial charge in [-0.2, -0.15) is 0 Å². The molecule has 0 aliphatic carbocycles. The fourth-order valence-corrected chi connectivity index (χ4v) is 8.41. The van der Waals surface area contributed by atoms with E-state index in [9.17, 15) is 19.2 Å². The smallest absolute Gasteiger partial charge is 0.412 e. The van der Waals surface area contributed by atoms with Crippen LogP contribution in [0.5, 0.6) is 11.5 Å². The zero-order valence-corrected chi connectivity index (χ0v) is 31.7. The molecule has 2 aliphatic rings. The molecule has 1 atom stereocenters. The molecule has 0 aromatic heterocycles. The predicted octanol–water partition coefficient (Wildman–Crippen LogP) is 8.19. The highest BCUT2D eigenvalue weighted by Crippen LogP contribution is 2.60. The molecule has 12 heteroatoms. The highest BCUT2D eigenvalue weighted by molar-refractivity contribution is 8.25. The molecule has 0 radical (unpaired) electrons. The van der Waals surface area contributed by atoms with Crippen molar-refractivity contribution in [1.29, 1.82) is 0 Å². The van der Waals surface area contributed by atoms with E-state index in [4.69, 9.17) is 14.2 Å². The SMILES string of the molecule is C=C(C)C(=O)OCCNC(=O)Oc1c(C)cc(OCC(CC)CCCC)c2c1SC(=C1C(=O)N(Cc3ccccc3)N(Cc3ccccc3)C1=O)S2. The molecule has 52 heavy (non-hydrogen) atoms. The summed E-state index contributed by atoms with van der Waals surface area (Å²) in [4.78, 5) is 54.5. The molecule has 1 fully saturated rings. The number of nitrogens with zero attached hydrogens (tertiary/aromatic N) is 2. The van der Waals surface area contributed by atoms with E-state index >= 15 is 0 Å². The van der Waals surface area contributed by atoms with Gasteiger partial charge in [-0.15, -0.1) is 0 Å². The molecule has 2 aliphatic heterocycles. The van der Waals surface area contributed by atoms with Gasteiger partial charge in [-0.3, -0.25) is 9.59 Å². The summed E-state index contributed by atoms with van der Waals surface area (Å²) < 4.78 is 17.9. The lowest BCUT2D eigenvalue weighted by atomic mass is 10.0. The molecule has 0 saturated carbocycles. The Balaban J connectivity index is 1.47. The van der Waals surface area contributed by atoms with Gasteiger partial charge in [-0.05, 0) is 48.9 Å². The first-order valence-corrected chi connectivity index (χ1v) is 19.1. The standard InChI is InChI=1S/C40H45N3O7S2/c1-6-8-15-28(7-2)25-49-31-22-27(5)33(50-40(47)41-20-21-48-38(46)26(3)4)35-34(31)51-39(52-35)32-36(44)42(23-29-16-11-9-12-17-29)43(37(32)45)24-30-18-13-10-14-19-30/h9-14,16-19,22,28H,3,6-8,15,20-21,23-25H2,1-2,4-5H3,(H,41,47). The maximum atomic E-state index is 14.3. The summed E-state index contributed by atoms with van der Waals surface area (Å²) in [5, 5.41) is 5.62. The number of hydrogen-bond donors (Lipinski definition) is 1. The summed E-state index contributed by atoms with van der Waals surface area (Å²) in [6, 6.07) is 21.0. The summed E-state index contributed by atoms with van der Waals surface area (Å²) in [5.41, 5.74) is 2.75. The number of carbonyl (C=O) groups excluding carboxylic acids is 4. The lowest BCUT2D eigenvalue weighted by Crippen LogP contribution is -2.39. The van der Waals surface area contributed by atoms with E-state index < -0.39 is 23.9 Å². The molecule has 2 heterocycles. The molecule has 1 N–H and O–H groups in total. The van der Waals surface area contributed by atoms with Gasteiger partial charge >= 0.3 is 12.1 Å². The summed E-state index contributed by atoms with van der Waals surface area (Å²) >= 11 is 2.51. The van der Waals surface area contributed by atoms with E-state index in [1.165, 1.54) is 33.5 Å². The van der Waals surface area contributed by atoms with Crippen LogP contribution in [0.4, 0.5) is 4.79 Å². The van der Waals surface area contributed by atoms with E-state index in [1.54, 1.807) is 6.92 Å². The molecule has 1 saturated heterocycles. The Morgan fingerprint density at radius 1 is 0.904 bits per heavy atom. The fourth-order valence-electron chi connectivity index (χ4n) is 5.68. The Bertz CT molecular complexity index is 1770. The molecular weight excluding hydrogens is 699 g/mol. The predicted molar refractivity (Wildman–Crippen MR) is 203 cm³/mol. The van der Waals surface area contributed by atoms with Crippen LogP contribution in [0.3, 0.4) is 0 Å². The molecule has 3 aromatic rings. The molecule has 10 nitrogen and oxygen atoms in total. The van der Waals surface area contributed by atoms with Crippen molar-refractivity contribution in [2.75, 3.05) is 19.8 Å². The highest BCUT2D eigenvalue weighted by atomic mass is 32.2. The van der Waals surface area contributed by atoms with Crippen LogP contribution in [0.1, 0.15) is 63.1 Å². The third-order valence-corrected chi connectivity index (χ3v) is 11.3. The number of aryl methyl sites for hydroxylation is 1. The third kappa shape index (κ3) is 9.40. The number of fused-ring (bicyclic) bond motifs is 1. The number of nitrogens with one attached hydrogen (secondary N) is 1. The maximum Gasteiger partial charge on any atom is 0.412 e. The number of ether oxygens (including phenoxy) is 3. The largest absolute Gasteiger partial charge is 0.492 e. The average Bonchev–Trinajstić information content (AvgIpc) is 3.67. The summed E-state index contributed by atoms with van der Waals surface area (Å²) in [6.07, 6.45) is 3.49. The Kier molecular flexibility index (Phi) is 13.5. The minimum Gasteiger partial charge on any atom is -0.492 e. The first-order chi connectivity index (χ1) is 25.1. The monoisotopic (exact) mass is 743 g/mol. The molecule has 0 spiro atoms. The van der Waals surface area contributed by atoms with Crippen LogP contribution in [-0.4, -0.2) is 53.7 Å². The molecule has 3 amide bonds. The third-order valence-electron chi connectivity index (χ3n) is 8.64. The second-order valence-corrected chi connectivity index (χ2v) is 15.0. The van der Waals surface area contributed by atoms with Crippen molar-refractivity contribution in [1.82, 2.24) is 15.3 Å². The Morgan fingerprint density at radius 3 is 2.06 bits per heavy atom. The zero-order chi connectivity index (χ0) is 37.2. The van der Waals surface area contributed by atoms with Crippen LogP contribution in [0.25, 0.3) is 0 Å². The number of unbranched alkanes of at least 4 members (excludes halogenated alkanes) is 1. The first kappa shape index (κ1) is 38.5.